The van der Waals surface area contributed by atoms with Gasteiger partial charge >= 0.3 is 0 Å². The Bertz CT molecular complexity index is 1660. The lowest BCUT2D eigenvalue weighted by Crippen LogP contribution is -2.23. The van der Waals surface area contributed by atoms with Crippen molar-refractivity contribution >= 4 is 88.1 Å². The van der Waals surface area contributed by atoms with Crippen molar-refractivity contribution < 1.29 is 14.3 Å². The van der Waals surface area contributed by atoms with Gasteiger partial charge in [0.2, 0.25) is 0 Å². The number of anilines is 1. The Labute approximate surface area is 261 Å². The van der Waals surface area contributed by atoms with Gasteiger partial charge in [-0.1, -0.05) is 41.4 Å². The van der Waals surface area contributed by atoms with Crippen molar-refractivity contribution in [3.63, 3.8) is 0 Å². The molecule has 0 unspecified atom stereocenters. The first-order chi connectivity index (χ1) is 19.1. The summed E-state index contributed by atoms with van der Waals surface area (Å²) in [4.78, 5) is 30.6. The number of benzene rings is 3. The van der Waals surface area contributed by atoms with E-state index in [2.05, 4.69) is 58.2 Å². The molecule has 40 heavy (non-hydrogen) atoms. The summed E-state index contributed by atoms with van der Waals surface area (Å²) in [5.41, 5.74) is 1.55. The van der Waals surface area contributed by atoms with Crippen LogP contribution in [0.3, 0.4) is 0 Å². The van der Waals surface area contributed by atoms with Crippen LogP contribution >= 0.6 is 59.4 Å². The number of fused-ring (bicyclic) bond motifs is 1. The van der Waals surface area contributed by atoms with Crippen LogP contribution in [0.15, 0.2) is 71.8 Å². The lowest BCUT2D eigenvalue weighted by molar-refractivity contribution is -0.118. The summed E-state index contributed by atoms with van der Waals surface area (Å²) in [5.74, 6) is 0.897. The molecular formula is C28H24Br3ClN4O4. The summed E-state index contributed by atoms with van der Waals surface area (Å²) >= 11 is 16.4. The van der Waals surface area contributed by atoms with Crippen LogP contribution in [0.1, 0.15) is 37.6 Å². The Hall–Kier alpha value is -2.73. The average molecular weight is 756 g/mol. The fourth-order valence-electron chi connectivity index (χ4n) is 3.75. The number of carbonyl (C=O) groups excluding carboxylic acids is 1. The number of amides is 1. The van der Waals surface area contributed by atoms with Crippen LogP contribution < -0.4 is 20.3 Å². The molecule has 0 fully saturated rings. The zero-order chi connectivity index (χ0) is 29.0. The second-order valence-corrected chi connectivity index (χ2v) is 11.7. The van der Waals surface area contributed by atoms with Gasteiger partial charge in [0.05, 0.1) is 28.7 Å². The number of hydrogen-bond donors (Lipinski definition) is 1. The summed E-state index contributed by atoms with van der Waals surface area (Å²) in [6.07, 6.45) is 2.33. The van der Waals surface area contributed by atoms with E-state index >= 15 is 0 Å². The number of carbonyl (C=O) groups is 1. The van der Waals surface area contributed by atoms with Gasteiger partial charge < -0.3 is 14.8 Å². The molecule has 0 radical (unpaired) electrons. The van der Waals surface area contributed by atoms with Gasteiger partial charge in [-0.05, 0) is 86.8 Å². The van der Waals surface area contributed by atoms with E-state index in [1.165, 1.54) is 11.8 Å². The van der Waals surface area contributed by atoms with Crippen LogP contribution in [-0.2, 0) is 4.79 Å². The third-order valence-electron chi connectivity index (χ3n) is 6.05. The number of hydrogen-bond acceptors (Lipinski definition) is 6. The molecule has 1 aromatic heterocycles. The Balaban J connectivity index is 1.65. The van der Waals surface area contributed by atoms with Crippen LogP contribution in [0.5, 0.6) is 11.5 Å². The fourth-order valence-corrected chi connectivity index (χ4v) is 5.17. The maximum atomic E-state index is 13.4. The van der Waals surface area contributed by atoms with Gasteiger partial charge in [-0.2, -0.15) is 9.78 Å². The van der Waals surface area contributed by atoms with E-state index in [-0.39, 0.29) is 24.0 Å². The van der Waals surface area contributed by atoms with Crippen molar-refractivity contribution in [1.29, 1.82) is 0 Å². The molecule has 1 amide bonds. The average Bonchev–Trinajstić information content (AvgIpc) is 2.94. The largest absolute Gasteiger partial charge is 0.493 e. The molecule has 4 aromatic rings. The van der Waals surface area contributed by atoms with Crippen molar-refractivity contribution in [3.8, 4) is 11.5 Å². The highest BCUT2D eigenvalue weighted by Crippen LogP contribution is 2.42. The third-order valence-corrected chi connectivity index (χ3v) is 8.94. The minimum absolute atomic E-state index is 0.00240. The van der Waals surface area contributed by atoms with E-state index in [1.807, 2.05) is 26.0 Å². The molecule has 12 heteroatoms. The Morgan fingerprint density at radius 1 is 1.15 bits per heavy atom. The maximum Gasteiger partial charge on any atom is 0.282 e. The van der Waals surface area contributed by atoms with Crippen molar-refractivity contribution in [2.45, 2.75) is 26.2 Å². The second-order valence-electron chi connectivity index (χ2n) is 8.77. The topological polar surface area (TPSA) is 94.8 Å². The zero-order valence-electron chi connectivity index (χ0n) is 21.7. The Kier molecular flexibility index (Phi) is 10.0. The van der Waals surface area contributed by atoms with Crippen molar-refractivity contribution in [2.75, 3.05) is 19.0 Å². The van der Waals surface area contributed by atoms with Crippen LogP contribution in [0.2, 0.25) is 5.02 Å². The molecule has 3 aromatic carbocycles. The first-order valence-electron chi connectivity index (χ1n) is 12.1. The van der Waals surface area contributed by atoms with Gasteiger partial charge in [0.1, 0.15) is 5.82 Å². The number of nitrogens with zero attached hydrogens (tertiary/aromatic N) is 3. The van der Waals surface area contributed by atoms with Gasteiger partial charge in [0.25, 0.3) is 11.5 Å². The second kappa shape index (κ2) is 13.3. The van der Waals surface area contributed by atoms with Crippen molar-refractivity contribution in [3.05, 3.63) is 88.7 Å². The maximum absolute atomic E-state index is 13.4. The standard InChI is InChI=1S/C28H24Br3ClN4O4/c1-4-15(2)27-35-21-10-5-17(29)12-20(21)28(38)36(27)33-13-16-11-22(39-3)26(25(31)24(16)30)40-14-23(37)34-19-8-6-18(32)7-9-19/h5-13,15H,4,14H2,1-3H3,(H,34,37)/t15-/m1/s1. The summed E-state index contributed by atoms with van der Waals surface area (Å²) in [6.45, 7) is 3.77. The van der Waals surface area contributed by atoms with Gasteiger partial charge in [-0.3, -0.25) is 9.59 Å². The first kappa shape index (κ1) is 30.2. The molecule has 1 atom stereocenters. The smallest absolute Gasteiger partial charge is 0.282 e. The lowest BCUT2D eigenvalue weighted by Gasteiger charge is -2.16. The van der Waals surface area contributed by atoms with Crippen LogP contribution in [0, 0.1) is 0 Å². The highest BCUT2D eigenvalue weighted by Gasteiger charge is 2.19. The number of methoxy groups -OCH3 is 1. The monoisotopic (exact) mass is 752 g/mol. The van der Waals surface area contributed by atoms with Crippen LogP contribution in [-0.4, -0.2) is 35.5 Å². The van der Waals surface area contributed by atoms with E-state index in [4.69, 9.17) is 26.1 Å². The third kappa shape index (κ3) is 6.76. The molecule has 0 saturated carbocycles. The van der Waals surface area contributed by atoms with E-state index in [0.717, 1.165) is 10.9 Å². The van der Waals surface area contributed by atoms with Crippen molar-refractivity contribution in [1.82, 2.24) is 9.66 Å². The Morgan fingerprint density at radius 2 is 1.88 bits per heavy atom. The van der Waals surface area contributed by atoms with Gasteiger partial charge in [-0.15, -0.1) is 0 Å². The quantitative estimate of drug-likeness (QED) is 0.176. The van der Waals surface area contributed by atoms with Crippen LogP contribution in [0.25, 0.3) is 10.9 Å². The van der Waals surface area contributed by atoms with Crippen LogP contribution in [0.4, 0.5) is 5.69 Å². The molecule has 0 aliphatic rings. The molecule has 0 bridgehead atoms. The van der Waals surface area contributed by atoms with Gasteiger partial charge in [-0.25, -0.2) is 4.98 Å². The SMILES string of the molecule is CC[C@@H](C)c1nc2ccc(Br)cc2c(=O)n1N=Cc1cc(OC)c(OCC(=O)Nc2ccc(Cl)cc2)c(Br)c1Br. The molecule has 0 aliphatic heterocycles. The van der Waals surface area contributed by atoms with E-state index in [1.54, 1.807) is 42.6 Å². The number of ether oxygens (including phenoxy) is 2. The first-order valence-corrected chi connectivity index (χ1v) is 14.9. The lowest BCUT2D eigenvalue weighted by atomic mass is 10.1. The van der Waals surface area contributed by atoms with Gasteiger partial charge in [0, 0.05) is 31.1 Å². The van der Waals surface area contributed by atoms with Crippen molar-refractivity contribution in [2.24, 2.45) is 5.10 Å². The number of rotatable bonds is 9. The summed E-state index contributed by atoms with van der Waals surface area (Å²) in [6, 6.07) is 13.9. The molecule has 1 N–H and O–H groups in total. The molecule has 0 aliphatic carbocycles. The zero-order valence-corrected chi connectivity index (χ0v) is 27.2. The molecule has 1 heterocycles. The summed E-state index contributed by atoms with van der Waals surface area (Å²) in [5, 5.41) is 8.32. The molecule has 0 saturated heterocycles. The highest BCUT2D eigenvalue weighted by molar-refractivity contribution is 9.13. The number of halogens is 4. The fraction of sp³-hybridized carbons (Fsp3) is 0.214. The minimum Gasteiger partial charge on any atom is -0.493 e. The van der Waals surface area contributed by atoms with E-state index in [9.17, 15) is 9.59 Å². The molecule has 8 nitrogen and oxygen atoms in total. The summed E-state index contributed by atoms with van der Waals surface area (Å²) < 4.78 is 14.6. The molecule has 4 rings (SSSR count). The number of aromatic nitrogens is 2. The Morgan fingerprint density at radius 3 is 2.55 bits per heavy atom. The van der Waals surface area contributed by atoms with Gasteiger partial charge in [0.15, 0.2) is 18.1 Å². The van der Waals surface area contributed by atoms with E-state index < -0.39 is 0 Å². The number of nitrogens with one attached hydrogen (secondary N) is 1. The highest BCUT2D eigenvalue weighted by atomic mass is 79.9. The molecular weight excluding hydrogens is 731 g/mol. The summed E-state index contributed by atoms with van der Waals surface area (Å²) in [7, 11) is 1.49. The molecule has 0 spiro atoms. The predicted octanol–water partition coefficient (Wildman–Crippen LogP) is 7.76. The predicted molar refractivity (Wildman–Crippen MR) is 169 cm³/mol. The normalized spacial score (nSPS) is 12.1. The molecule has 208 valence electrons. The van der Waals surface area contributed by atoms with E-state index in [0.29, 0.717) is 53.4 Å². The minimum atomic E-state index is -0.356.